The van der Waals surface area contributed by atoms with Crippen LogP contribution >= 0.6 is 0 Å². The smallest absolute Gasteiger partial charge is 0.334 e. The van der Waals surface area contributed by atoms with Crippen LogP contribution in [-0.4, -0.2) is 30.1 Å². The molecule has 0 saturated heterocycles. The molecule has 1 saturated carbocycles. The lowest BCUT2D eigenvalue weighted by Crippen LogP contribution is -2.51. The Bertz CT molecular complexity index is 492. The first-order chi connectivity index (χ1) is 8.90. The predicted molar refractivity (Wildman–Crippen MR) is 68.2 cm³/mol. The molecule has 0 spiro atoms. The van der Waals surface area contributed by atoms with Gasteiger partial charge < -0.3 is 9.84 Å². The van der Waals surface area contributed by atoms with Crippen molar-refractivity contribution in [1.82, 2.24) is 0 Å². The molecule has 1 N–H and O–H groups in total. The molecule has 19 heavy (non-hydrogen) atoms. The number of ketones is 1. The summed E-state index contributed by atoms with van der Waals surface area (Å²) >= 11 is 0. The Morgan fingerprint density at radius 1 is 1.32 bits per heavy atom. The number of ether oxygens (including phenoxy) is 1. The molecule has 0 amide bonds. The van der Waals surface area contributed by atoms with Crippen LogP contribution in [0.25, 0.3) is 0 Å². The molecule has 4 heteroatoms. The second-order valence-corrected chi connectivity index (χ2v) is 6.75. The lowest BCUT2D eigenvalue weighted by atomic mass is 9.50. The predicted octanol–water partition coefficient (Wildman–Crippen LogP) is 1.62. The maximum Gasteiger partial charge on any atom is 0.334 e. The molecule has 3 rings (SSSR count). The van der Waals surface area contributed by atoms with Crippen LogP contribution in [-0.2, 0) is 14.3 Å². The number of carbonyl (C=O) groups excluding carboxylic acids is 2. The molecule has 0 radical (unpaired) electrons. The molecule has 0 aromatic rings. The summed E-state index contributed by atoms with van der Waals surface area (Å²) in [5.41, 5.74) is 1.12. The highest BCUT2D eigenvalue weighted by Gasteiger charge is 2.56. The maximum atomic E-state index is 12.1. The number of aliphatic hydroxyl groups is 1. The molecule has 1 fully saturated rings. The van der Waals surface area contributed by atoms with Crippen LogP contribution in [0.15, 0.2) is 11.1 Å². The summed E-state index contributed by atoms with van der Waals surface area (Å²) in [4.78, 5) is 23.8. The number of carbonyl (C=O) groups is 2. The lowest BCUT2D eigenvalue weighted by molar-refractivity contribution is -0.136. The van der Waals surface area contributed by atoms with Crippen molar-refractivity contribution in [3.05, 3.63) is 11.1 Å². The van der Waals surface area contributed by atoms with E-state index < -0.39 is 0 Å². The standard InChI is InChI=1S/C15H20O4/c1-14(8-16)5-9(17)6-15(2)11-7-19-13(18)10(11)3-4-12(14)15/h12,16H,3-8H2,1-2H3/t12-,14-,15-/m1/s1. The van der Waals surface area contributed by atoms with E-state index in [2.05, 4.69) is 6.92 Å². The number of cyclic esters (lactones) is 1. The minimum absolute atomic E-state index is 0.0242. The third-order valence-corrected chi connectivity index (χ3v) is 5.47. The summed E-state index contributed by atoms with van der Waals surface area (Å²) in [7, 11) is 0. The van der Waals surface area contributed by atoms with Gasteiger partial charge in [-0.15, -0.1) is 0 Å². The van der Waals surface area contributed by atoms with Gasteiger partial charge in [0.25, 0.3) is 0 Å². The zero-order valence-corrected chi connectivity index (χ0v) is 11.5. The van der Waals surface area contributed by atoms with E-state index in [-0.39, 0.29) is 35.1 Å². The van der Waals surface area contributed by atoms with E-state index in [9.17, 15) is 14.7 Å². The first-order valence-electron chi connectivity index (χ1n) is 6.93. The quantitative estimate of drug-likeness (QED) is 0.731. The zero-order valence-electron chi connectivity index (χ0n) is 11.5. The summed E-state index contributed by atoms with van der Waals surface area (Å²) in [6, 6.07) is 0. The van der Waals surface area contributed by atoms with Crippen molar-refractivity contribution in [3.63, 3.8) is 0 Å². The van der Waals surface area contributed by atoms with Crippen molar-refractivity contribution in [3.8, 4) is 0 Å². The van der Waals surface area contributed by atoms with Gasteiger partial charge >= 0.3 is 5.97 Å². The van der Waals surface area contributed by atoms with E-state index in [0.717, 1.165) is 24.0 Å². The molecule has 0 aromatic heterocycles. The van der Waals surface area contributed by atoms with Gasteiger partial charge in [-0.3, -0.25) is 4.79 Å². The van der Waals surface area contributed by atoms with Gasteiger partial charge in [-0.2, -0.15) is 0 Å². The van der Waals surface area contributed by atoms with Crippen molar-refractivity contribution in [2.75, 3.05) is 13.2 Å². The molecule has 0 unspecified atom stereocenters. The maximum absolute atomic E-state index is 12.1. The largest absolute Gasteiger partial charge is 0.458 e. The van der Waals surface area contributed by atoms with Crippen molar-refractivity contribution >= 4 is 11.8 Å². The molecule has 0 bridgehead atoms. The molecule has 2 aliphatic carbocycles. The Kier molecular flexibility index (Phi) is 2.65. The Labute approximate surface area is 112 Å². The Hall–Kier alpha value is -1.16. The van der Waals surface area contributed by atoms with Gasteiger partial charge in [0.1, 0.15) is 12.4 Å². The third kappa shape index (κ3) is 1.62. The molecular formula is C15H20O4. The van der Waals surface area contributed by atoms with Crippen molar-refractivity contribution in [1.29, 1.82) is 0 Å². The first-order valence-corrected chi connectivity index (χ1v) is 6.93. The lowest BCUT2D eigenvalue weighted by Gasteiger charge is -2.53. The van der Waals surface area contributed by atoms with E-state index in [1.54, 1.807) is 0 Å². The average molecular weight is 264 g/mol. The molecule has 3 atom stereocenters. The minimum Gasteiger partial charge on any atom is -0.458 e. The summed E-state index contributed by atoms with van der Waals surface area (Å²) in [5, 5.41) is 9.75. The number of fused-ring (bicyclic) bond motifs is 2. The number of Topliss-reactive ketones (excluding diaryl/α,β-unsaturated/α-hetero) is 1. The van der Waals surface area contributed by atoms with Gasteiger partial charge in [0.2, 0.25) is 0 Å². The second-order valence-electron chi connectivity index (χ2n) is 6.75. The van der Waals surface area contributed by atoms with Gasteiger partial charge in [-0.05, 0) is 24.3 Å². The summed E-state index contributed by atoms with van der Waals surface area (Å²) in [5.74, 6) is 0.220. The highest BCUT2D eigenvalue weighted by atomic mass is 16.5. The van der Waals surface area contributed by atoms with E-state index in [4.69, 9.17) is 4.74 Å². The molecule has 104 valence electrons. The van der Waals surface area contributed by atoms with E-state index >= 15 is 0 Å². The van der Waals surface area contributed by atoms with Crippen LogP contribution in [0.4, 0.5) is 0 Å². The van der Waals surface area contributed by atoms with Crippen LogP contribution < -0.4 is 0 Å². The SMILES string of the molecule is C[C@]1(CO)CC(=O)C[C@]2(C)C3=C(CC[C@H]12)C(=O)OC3. The minimum atomic E-state index is -0.367. The van der Waals surface area contributed by atoms with Crippen LogP contribution in [0.2, 0.25) is 0 Å². The van der Waals surface area contributed by atoms with E-state index in [1.165, 1.54) is 0 Å². The fourth-order valence-corrected chi connectivity index (χ4v) is 4.57. The van der Waals surface area contributed by atoms with Crippen LogP contribution in [0.3, 0.4) is 0 Å². The monoisotopic (exact) mass is 264 g/mol. The van der Waals surface area contributed by atoms with Gasteiger partial charge in [0, 0.05) is 35.9 Å². The van der Waals surface area contributed by atoms with E-state index in [1.807, 2.05) is 6.92 Å². The highest BCUT2D eigenvalue weighted by molar-refractivity contribution is 5.93. The van der Waals surface area contributed by atoms with Crippen molar-refractivity contribution < 1.29 is 19.4 Å². The van der Waals surface area contributed by atoms with Crippen LogP contribution in [0.1, 0.15) is 39.5 Å². The summed E-state index contributed by atoms with van der Waals surface area (Å²) in [6.07, 6.45) is 2.50. The Morgan fingerprint density at radius 2 is 2.05 bits per heavy atom. The molecular weight excluding hydrogens is 244 g/mol. The fourth-order valence-electron chi connectivity index (χ4n) is 4.57. The zero-order chi connectivity index (χ0) is 13.8. The van der Waals surface area contributed by atoms with Gasteiger partial charge in [-0.1, -0.05) is 13.8 Å². The number of esters is 1. The number of hydrogen-bond acceptors (Lipinski definition) is 4. The third-order valence-electron chi connectivity index (χ3n) is 5.47. The van der Waals surface area contributed by atoms with Gasteiger partial charge in [-0.25, -0.2) is 4.79 Å². The topological polar surface area (TPSA) is 63.6 Å². The Morgan fingerprint density at radius 3 is 2.74 bits per heavy atom. The first kappa shape index (κ1) is 12.9. The van der Waals surface area contributed by atoms with Gasteiger partial charge in [0.05, 0.1) is 0 Å². The molecule has 3 aliphatic rings. The van der Waals surface area contributed by atoms with E-state index in [0.29, 0.717) is 19.4 Å². The van der Waals surface area contributed by atoms with Crippen molar-refractivity contribution in [2.45, 2.75) is 39.5 Å². The molecule has 1 aliphatic heterocycles. The average Bonchev–Trinajstić information content (AvgIpc) is 2.71. The van der Waals surface area contributed by atoms with Crippen molar-refractivity contribution in [2.24, 2.45) is 16.7 Å². The number of hydrogen-bond donors (Lipinski definition) is 1. The highest BCUT2D eigenvalue weighted by Crippen LogP contribution is 2.59. The van der Waals surface area contributed by atoms with Crippen LogP contribution in [0.5, 0.6) is 0 Å². The van der Waals surface area contributed by atoms with Gasteiger partial charge in [0.15, 0.2) is 0 Å². The number of aliphatic hydroxyl groups excluding tert-OH is 1. The normalized spacial score (nSPS) is 41.9. The number of rotatable bonds is 1. The fraction of sp³-hybridized carbons (Fsp3) is 0.733. The second kappa shape index (κ2) is 3.92. The molecule has 4 nitrogen and oxygen atoms in total. The summed E-state index contributed by atoms with van der Waals surface area (Å²) < 4.78 is 5.16. The summed E-state index contributed by atoms with van der Waals surface area (Å²) in [6.45, 7) is 4.42. The molecule has 0 aromatic carbocycles. The molecule has 1 heterocycles. The Balaban J connectivity index is 2.09. The van der Waals surface area contributed by atoms with Crippen LogP contribution in [0, 0.1) is 16.7 Å².